The molecule has 0 fully saturated rings. The third kappa shape index (κ3) is 3.53. The molecule has 0 spiro atoms. The van der Waals surface area contributed by atoms with Crippen LogP contribution < -0.4 is 5.32 Å². The van der Waals surface area contributed by atoms with Crippen LogP contribution >= 0.6 is 33.9 Å². The molecular formula is C14H16INS. The fourth-order valence-corrected chi connectivity index (χ4v) is 3.21. The highest BCUT2D eigenvalue weighted by atomic mass is 127. The first-order valence-corrected chi connectivity index (χ1v) is 7.79. The van der Waals surface area contributed by atoms with Crippen LogP contribution in [0.4, 0.5) is 0 Å². The Bertz CT molecular complexity index is 453. The van der Waals surface area contributed by atoms with E-state index in [1.54, 1.807) is 0 Å². The van der Waals surface area contributed by atoms with Gasteiger partial charge in [0.05, 0.1) is 6.04 Å². The van der Waals surface area contributed by atoms with Crippen LogP contribution in [0.25, 0.3) is 0 Å². The van der Waals surface area contributed by atoms with Crippen LogP contribution in [0.2, 0.25) is 0 Å². The van der Waals surface area contributed by atoms with Gasteiger partial charge in [0.15, 0.2) is 0 Å². The Labute approximate surface area is 120 Å². The van der Waals surface area contributed by atoms with Gasteiger partial charge in [-0.25, -0.2) is 0 Å². The van der Waals surface area contributed by atoms with E-state index in [2.05, 4.69) is 76.6 Å². The topological polar surface area (TPSA) is 12.0 Å². The van der Waals surface area contributed by atoms with Crippen LogP contribution in [0.3, 0.4) is 0 Å². The largest absolute Gasteiger partial charge is 0.306 e. The van der Waals surface area contributed by atoms with Crippen LogP contribution in [0.5, 0.6) is 0 Å². The van der Waals surface area contributed by atoms with Gasteiger partial charge in [0.25, 0.3) is 0 Å². The highest BCUT2D eigenvalue weighted by molar-refractivity contribution is 14.1. The molecule has 0 aliphatic heterocycles. The smallest absolute Gasteiger partial charge is 0.0671 e. The maximum absolute atomic E-state index is 3.62. The second-order valence-corrected chi connectivity index (χ2v) is 6.18. The van der Waals surface area contributed by atoms with Crippen LogP contribution in [-0.2, 0) is 0 Å². The van der Waals surface area contributed by atoms with E-state index < -0.39 is 0 Å². The normalized spacial score (nSPS) is 12.6. The predicted molar refractivity (Wildman–Crippen MR) is 83.6 cm³/mol. The van der Waals surface area contributed by atoms with E-state index in [9.17, 15) is 0 Å². The molecule has 1 unspecified atom stereocenters. The van der Waals surface area contributed by atoms with E-state index in [4.69, 9.17) is 0 Å². The van der Waals surface area contributed by atoms with Gasteiger partial charge in [-0.3, -0.25) is 0 Å². The zero-order chi connectivity index (χ0) is 12.1. The quantitative estimate of drug-likeness (QED) is 0.780. The Hall–Kier alpha value is -0.390. The summed E-state index contributed by atoms with van der Waals surface area (Å²) in [5.41, 5.74) is 1.35. The molecule has 1 aromatic carbocycles. The molecule has 2 rings (SSSR count). The number of benzene rings is 1. The molecule has 17 heavy (non-hydrogen) atoms. The third-order valence-corrected chi connectivity index (χ3v) is 4.22. The molecule has 0 radical (unpaired) electrons. The Morgan fingerprint density at radius 3 is 2.82 bits per heavy atom. The SMILES string of the molecule is CCCNC(c1cccc(I)c1)c1cccs1. The molecule has 1 nitrogen and oxygen atoms in total. The standard InChI is InChI=1S/C14H16INS/c1-2-8-16-14(13-7-4-9-17-13)11-5-3-6-12(15)10-11/h3-7,9-10,14,16H,2,8H2,1H3. The zero-order valence-corrected chi connectivity index (χ0v) is 12.8. The summed E-state index contributed by atoms with van der Waals surface area (Å²) >= 11 is 4.19. The molecule has 2 aromatic rings. The van der Waals surface area contributed by atoms with E-state index in [1.165, 1.54) is 14.0 Å². The van der Waals surface area contributed by atoms with Crippen LogP contribution in [-0.4, -0.2) is 6.54 Å². The minimum Gasteiger partial charge on any atom is -0.306 e. The van der Waals surface area contributed by atoms with Crippen molar-refractivity contribution in [3.8, 4) is 0 Å². The molecule has 1 heterocycles. The number of hydrogen-bond acceptors (Lipinski definition) is 2. The Balaban J connectivity index is 2.27. The molecule has 0 amide bonds. The molecule has 0 saturated heterocycles. The van der Waals surface area contributed by atoms with Gasteiger partial charge in [0.2, 0.25) is 0 Å². The number of halogens is 1. The van der Waals surface area contributed by atoms with Crippen LogP contribution in [0.1, 0.15) is 29.8 Å². The Morgan fingerprint density at radius 1 is 1.29 bits per heavy atom. The summed E-state index contributed by atoms with van der Waals surface area (Å²) in [6.07, 6.45) is 1.16. The lowest BCUT2D eigenvalue weighted by Gasteiger charge is -2.18. The molecule has 0 saturated carbocycles. The van der Waals surface area contributed by atoms with E-state index in [0.29, 0.717) is 6.04 Å². The van der Waals surface area contributed by atoms with Crippen molar-refractivity contribution in [1.29, 1.82) is 0 Å². The molecule has 1 aromatic heterocycles. The molecular weight excluding hydrogens is 341 g/mol. The number of hydrogen-bond donors (Lipinski definition) is 1. The number of nitrogens with one attached hydrogen (secondary N) is 1. The average Bonchev–Trinajstić information content (AvgIpc) is 2.83. The van der Waals surface area contributed by atoms with Gasteiger partial charge < -0.3 is 5.32 Å². The molecule has 0 aliphatic rings. The van der Waals surface area contributed by atoms with E-state index in [0.717, 1.165) is 13.0 Å². The lowest BCUT2D eigenvalue weighted by molar-refractivity contribution is 0.605. The maximum atomic E-state index is 3.62. The van der Waals surface area contributed by atoms with Crippen molar-refractivity contribution in [3.05, 3.63) is 55.8 Å². The van der Waals surface area contributed by atoms with E-state index in [1.807, 2.05) is 11.3 Å². The van der Waals surface area contributed by atoms with E-state index >= 15 is 0 Å². The van der Waals surface area contributed by atoms with Gasteiger partial charge >= 0.3 is 0 Å². The second-order valence-electron chi connectivity index (χ2n) is 3.96. The van der Waals surface area contributed by atoms with Gasteiger partial charge in [0.1, 0.15) is 0 Å². The van der Waals surface area contributed by atoms with Crippen molar-refractivity contribution in [2.75, 3.05) is 6.54 Å². The second kappa shape index (κ2) is 6.52. The molecule has 0 bridgehead atoms. The molecule has 0 aliphatic carbocycles. The van der Waals surface area contributed by atoms with Gasteiger partial charge in [-0.2, -0.15) is 0 Å². The van der Waals surface area contributed by atoms with Crippen molar-refractivity contribution >= 4 is 33.9 Å². The van der Waals surface area contributed by atoms with Crippen LogP contribution in [0.15, 0.2) is 41.8 Å². The Kier molecular flexibility index (Phi) is 5.00. The van der Waals surface area contributed by atoms with Gasteiger partial charge in [-0.1, -0.05) is 25.1 Å². The highest BCUT2D eigenvalue weighted by Crippen LogP contribution is 2.26. The first-order valence-electron chi connectivity index (χ1n) is 5.83. The van der Waals surface area contributed by atoms with Crippen LogP contribution in [0, 0.1) is 3.57 Å². The van der Waals surface area contributed by atoms with Crippen molar-refractivity contribution in [1.82, 2.24) is 5.32 Å². The monoisotopic (exact) mass is 357 g/mol. The molecule has 1 atom stereocenters. The summed E-state index contributed by atoms with van der Waals surface area (Å²) < 4.78 is 1.29. The molecule has 90 valence electrons. The predicted octanol–water partition coefficient (Wildman–Crippen LogP) is 4.44. The summed E-state index contributed by atoms with van der Waals surface area (Å²) in [7, 11) is 0. The van der Waals surface area contributed by atoms with Gasteiger partial charge in [-0.15, -0.1) is 11.3 Å². The summed E-state index contributed by atoms with van der Waals surface area (Å²) in [4.78, 5) is 1.39. The summed E-state index contributed by atoms with van der Waals surface area (Å²) in [5.74, 6) is 0. The average molecular weight is 357 g/mol. The molecule has 1 N–H and O–H groups in total. The summed E-state index contributed by atoms with van der Waals surface area (Å²) in [6, 6.07) is 13.4. The fraction of sp³-hybridized carbons (Fsp3) is 0.286. The fourth-order valence-electron chi connectivity index (χ4n) is 1.81. The lowest BCUT2D eigenvalue weighted by Crippen LogP contribution is -2.22. The lowest BCUT2D eigenvalue weighted by atomic mass is 10.1. The van der Waals surface area contributed by atoms with Crippen molar-refractivity contribution in [3.63, 3.8) is 0 Å². The summed E-state index contributed by atoms with van der Waals surface area (Å²) in [6.45, 7) is 3.25. The van der Waals surface area contributed by atoms with Gasteiger partial charge in [-0.05, 0) is 64.7 Å². The van der Waals surface area contributed by atoms with E-state index in [-0.39, 0.29) is 0 Å². The highest BCUT2D eigenvalue weighted by Gasteiger charge is 2.13. The minimum atomic E-state index is 0.338. The number of thiophene rings is 1. The first kappa shape index (κ1) is 13.1. The zero-order valence-electron chi connectivity index (χ0n) is 9.82. The Morgan fingerprint density at radius 2 is 2.18 bits per heavy atom. The van der Waals surface area contributed by atoms with Gasteiger partial charge in [0, 0.05) is 8.45 Å². The van der Waals surface area contributed by atoms with Crippen molar-refractivity contribution in [2.45, 2.75) is 19.4 Å². The maximum Gasteiger partial charge on any atom is 0.0671 e. The van der Waals surface area contributed by atoms with Crippen molar-refractivity contribution in [2.24, 2.45) is 0 Å². The molecule has 3 heteroatoms. The van der Waals surface area contributed by atoms with Crippen molar-refractivity contribution < 1.29 is 0 Å². The summed E-state index contributed by atoms with van der Waals surface area (Å²) in [5, 5.41) is 5.77. The number of rotatable bonds is 5. The first-order chi connectivity index (χ1) is 8.31. The minimum absolute atomic E-state index is 0.338. The third-order valence-electron chi connectivity index (χ3n) is 2.61.